The molecule has 0 unspecified atom stereocenters. The average molecular weight is 164 g/mol. The Bertz CT molecular complexity index is 80.2. The molecule has 0 aliphatic heterocycles. The van der Waals surface area contributed by atoms with Gasteiger partial charge < -0.3 is 5.73 Å². The van der Waals surface area contributed by atoms with Gasteiger partial charge in [-0.1, -0.05) is 12.8 Å². The number of rotatable bonds is 7. The van der Waals surface area contributed by atoms with Crippen LogP contribution in [0.5, 0.6) is 0 Å². The van der Waals surface area contributed by atoms with Crippen molar-refractivity contribution >= 4 is 0 Å². The zero-order chi connectivity index (χ0) is 8.53. The molecule has 0 aliphatic carbocycles. The lowest BCUT2D eigenvalue weighted by atomic mass is 10.2. The SMILES string of the molecule is NCCCCCCON(O)O. The van der Waals surface area contributed by atoms with Gasteiger partial charge in [0, 0.05) is 0 Å². The van der Waals surface area contributed by atoms with Crippen LogP contribution in [-0.2, 0) is 4.84 Å². The van der Waals surface area contributed by atoms with E-state index in [1.807, 2.05) is 0 Å². The predicted octanol–water partition coefficient (Wildman–Crippen LogP) is 0.518. The number of hydrogen-bond acceptors (Lipinski definition) is 5. The summed E-state index contributed by atoms with van der Waals surface area (Å²) in [6.07, 6.45) is 3.90. The topological polar surface area (TPSA) is 79.0 Å². The third-order valence-electron chi connectivity index (χ3n) is 1.31. The normalized spacial score (nSPS) is 10.9. The van der Waals surface area contributed by atoms with Crippen molar-refractivity contribution in [2.24, 2.45) is 5.73 Å². The molecule has 0 aliphatic rings. The first kappa shape index (κ1) is 10.8. The van der Waals surface area contributed by atoms with Crippen molar-refractivity contribution in [2.75, 3.05) is 13.2 Å². The summed E-state index contributed by atoms with van der Waals surface area (Å²) in [5.74, 6) is 0. The zero-order valence-corrected chi connectivity index (χ0v) is 6.57. The smallest absolute Gasteiger partial charge is 0.0736 e. The standard InChI is InChI=1S/C6H16N2O3/c7-5-3-1-2-4-6-11-8(9)10/h9-10H,1-7H2. The molecular formula is C6H16N2O3. The van der Waals surface area contributed by atoms with Gasteiger partial charge in [0.2, 0.25) is 0 Å². The first-order valence-electron chi connectivity index (χ1n) is 3.78. The Kier molecular flexibility index (Phi) is 7.76. The van der Waals surface area contributed by atoms with Gasteiger partial charge in [-0.3, -0.25) is 15.3 Å². The van der Waals surface area contributed by atoms with E-state index in [0.29, 0.717) is 13.2 Å². The van der Waals surface area contributed by atoms with E-state index in [4.69, 9.17) is 16.1 Å². The molecule has 0 saturated carbocycles. The van der Waals surface area contributed by atoms with E-state index in [9.17, 15) is 0 Å². The van der Waals surface area contributed by atoms with Gasteiger partial charge >= 0.3 is 0 Å². The van der Waals surface area contributed by atoms with Gasteiger partial charge in [-0.05, 0) is 19.4 Å². The molecule has 11 heavy (non-hydrogen) atoms. The molecule has 0 bridgehead atoms. The fourth-order valence-corrected chi connectivity index (χ4v) is 0.746. The molecule has 68 valence electrons. The van der Waals surface area contributed by atoms with Crippen LogP contribution in [-0.4, -0.2) is 29.0 Å². The largest absolute Gasteiger partial charge is 0.330 e. The fourth-order valence-electron chi connectivity index (χ4n) is 0.746. The molecule has 0 heterocycles. The van der Waals surface area contributed by atoms with Crippen LogP contribution in [0.1, 0.15) is 25.7 Å². The Morgan fingerprint density at radius 3 is 2.27 bits per heavy atom. The third kappa shape index (κ3) is 9.80. The van der Waals surface area contributed by atoms with Crippen molar-refractivity contribution in [3.8, 4) is 0 Å². The number of hydrogen-bond donors (Lipinski definition) is 3. The second kappa shape index (κ2) is 7.90. The van der Waals surface area contributed by atoms with Crippen LogP contribution >= 0.6 is 0 Å². The first-order valence-corrected chi connectivity index (χ1v) is 3.78. The molecule has 0 amide bonds. The van der Waals surface area contributed by atoms with Crippen LogP contribution in [0.3, 0.4) is 0 Å². The maximum Gasteiger partial charge on any atom is 0.0736 e. The highest BCUT2D eigenvalue weighted by Crippen LogP contribution is 1.98. The Labute approximate surface area is 66.2 Å². The second-order valence-corrected chi connectivity index (χ2v) is 2.29. The summed E-state index contributed by atoms with van der Waals surface area (Å²) in [5, 5.41) is 15.9. The molecule has 0 radical (unpaired) electrons. The van der Waals surface area contributed by atoms with Crippen LogP contribution in [0.15, 0.2) is 0 Å². The summed E-state index contributed by atoms with van der Waals surface area (Å²) in [5.41, 5.74) is 5.27. The van der Waals surface area contributed by atoms with Crippen molar-refractivity contribution in [1.29, 1.82) is 0 Å². The van der Waals surface area contributed by atoms with Crippen LogP contribution in [0.4, 0.5) is 0 Å². The molecule has 0 aromatic rings. The first-order chi connectivity index (χ1) is 5.27. The quantitative estimate of drug-likeness (QED) is 0.377. The van der Waals surface area contributed by atoms with E-state index >= 15 is 0 Å². The molecule has 0 aromatic carbocycles. The van der Waals surface area contributed by atoms with E-state index < -0.39 is 0 Å². The van der Waals surface area contributed by atoms with Crippen LogP contribution < -0.4 is 5.73 Å². The predicted molar refractivity (Wildman–Crippen MR) is 38.9 cm³/mol. The van der Waals surface area contributed by atoms with Gasteiger partial charge in [0.25, 0.3) is 0 Å². The minimum Gasteiger partial charge on any atom is -0.330 e. The molecule has 0 fully saturated rings. The highest BCUT2D eigenvalue weighted by atomic mass is 17.1. The summed E-state index contributed by atoms with van der Waals surface area (Å²) < 4.78 is 0. The van der Waals surface area contributed by atoms with Gasteiger partial charge in [0.1, 0.15) is 0 Å². The van der Waals surface area contributed by atoms with Crippen molar-refractivity contribution < 1.29 is 15.3 Å². The minimum atomic E-state index is -0.261. The van der Waals surface area contributed by atoms with Crippen LogP contribution in [0.25, 0.3) is 0 Å². The molecule has 0 rings (SSSR count). The lowest BCUT2D eigenvalue weighted by molar-refractivity contribution is -0.492. The highest BCUT2D eigenvalue weighted by molar-refractivity contribution is 4.41. The minimum absolute atomic E-state index is 0.261. The Balaban J connectivity index is 2.80. The maximum atomic E-state index is 8.10. The summed E-state index contributed by atoms with van der Waals surface area (Å²) in [6.45, 7) is 1.05. The van der Waals surface area contributed by atoms with Gasteiger partial charge in [0.05, 0.1) is 12.0 Å². The van der Waals surface area contributed by atoms with Gasteiger partial charge in [-0.2, -0.15) is 0 Å². The maximum absolute atomic E-state index is 8.10. The van der Waals surface area contributed by atoms with E-state index in [1.54, 1.807) is 0 Å². The average Bonchev–Trinajstić information content (AvgIpc) is 1.96. The zero-order valence-electron chi connectivity index (χ0n) is 6.57. The van der Waals surface area contributed by atoms with Crippen molar-refractivity contribution in [1.82, 2.24) is 5.39 Å². The van der Waals surface area contributed by atoms with Gasteiger partial charge in [0.15, 0.2) is 0 Å². The van der Waals surface area contributed by atoms with Gasteiger partial charge in [-0.15, -0.1) is 0 Å². The van der Waals surface area contributed by atoms with Crippen LogP contribution in [0.2, 0.25) is 0 Å². The van der Waals surface area contributed by atoms with Gasteiger partial charge in [-0.25, -0.2) is 0 Å². The monoisotopic (exact) mass is 164 g/mol. The fraction of sp³-hybridized carbons (Fsp3) is 1.00. The van der Waals surface area contributed by atoms with Crippen molar-refractivity contribution in [3.05, 3.63) is 0 Å². The molecule has 5 heteroatoms. The van der Waals surface area contributed by atoms with Crippen molar-refractivity contribution in [3.63, 3.8) is 0 Å². The third-order valence-corrected chi connectivity index (χ3v) is 1.31. The lowest BCUT2D eigenvalue weighted by Crippen LogP contribution is -2.14. The van der Waals surface area contributed by atoms with E-state index in [0.717, 1.165) is 25.7 Å². The number of unbranched alkanes of at least 4 members (excludes halogenated alkanes) is 3. The number of nitrogens with two attached hydrogens (primary N) is 1. The molecule has 0 saturated heterocycles. The summed E-state index contributed by atoms with van der Waals surface area (Å²) >= 11 is 0. The van der Waals surface area contributed by atoms with Crippen molar-refractivity contribution in [2.45, 2.75) is 25.7 Å². The Morgan fingerprint density at radius 2 is 1.73 bits per heavy atom. The lowest BCUT2D eigenvalue weighted by Gasteiger charge is -2.04. The molecule has 0 spiro atoms. The summed E-state index contributed by atoms with van der Waals surface area (Å²) in [6, 6.07) is 0. The Hall–Kier alpha value is -0.200. The summed E-state index contributed by atoms with van der Waals surface area (Å²) in [7, 11) is 0. The molecular weight excluding hydrogens is 148 g/mol. The van der Waals surface area contributed by atoms with Crippen LogP contribution in [0, 0.1) is 0 Å². The summed E-state index contributed by atoms with van der Waals surface area (Å²) in [4.78, 5) is 4.34. The Morgan fingerprint density at radius 1 is 1.09 bits per heavy atom. The van der Waals surface area contributed by atoms with E-state index in [-0.39, 0.29) is 5.39 Å². The molecule has 4 N–H and O–H groups in total. The molecule has 0 atom stereocenters. The highest BCUT2D eigenvalue weighted by Gasteiger charge is 1.93. The van der Waals surface area contributed by atoms with E-state index in [2.05, 4.69) is 4.84 Å². The molecule has 5 nitrogen and oxygen atoms in total. The van der Waals surface area contributed by atoms with E-state index in [1.165, 1.54) is 0 Å². The molecule has 0 aromatic heterocycles. The number of nitrogens with zero attached hydrogens (tertiary/aromatic N) is 1. The second-order valence-electron chi connectivity index (χ2n) is 2.29.